The Bertz CT molecular complexity index is 599. The maximum Gasteiger partial charge on any atom is 0.133 e. The van der Waals surface area contributed by atoms with Crippen molar-refractivity contribution < 1.29 is 4.74 Å². The molecule has 1 N–H and O–H groups in total. The predicted molar refractivity (Wildman–Crippen MR) is 88.2 cm³/mol. The van der Waals surface area contributed by atoms with Gasteiger partial charge >= 0.3 is 0 Å². The molecule has 0 saturated carbocycles. The average molecular weight is 375 g/mol. The number of ether oxygens (including phenoxy) is 1. The molecule has 0 aliphatic heterocycles. The van der Waals surface area contributed by atoms with Gasteiger partial charge in [-0.3, -0.25) is 0 Å². The molecule has 2 aromatic carbocycles. The molecule has 1 unspecified atom stereocenters. The molecule has 0 bridgehead atoms. The van der Waals surface area contributed by atoms with Crippen LogP contribution in [0.5, 0.6) is 11.5 Å². The van der Waals surface area contributed by atoms with Crippen molar-refractivity contribution in [3.63, 3.8) is 0 Å². The minimum atomic E-state index is 0.174. The molecule has 0 spiro atoms. The first-order valence-corrected chi connectivity index (χ1v) is 7.65. The zero-order valence-electron chi connectivity index (χ0n) is 11.1. The summed E-state index contributed by atoms with van der Waals surface area (Å²) in [4.78, 5) is 0. The lowest BCUT2D eigenvalue weighted by Crippen LogP contribution is -2.13. The Morgan fingerprint density at radius 1 is 1.10 bits per heavy atom. The lowest BCUT2D eigenvalue weighted by molar-refractivity contribution is 0.466. The van der Waals surface area contributed by atoms with Crippen LogP contribution in [-0.4, -0.2) is 7.05 Å². The zero-order chi connectivity index (χ0) is 14.7. The maximum absolute atomic E-state index is 5.99. The van der Waals surface area contributed by atoms with Gasteiger partial charge in [0.1, 0.15) is 11.5 Å². The minimum Gasteiger partial charge on any atom is -0.457 e. The van der Waals surface area contributed by atoms with Crippen LogP contribution in [0.15, 0.2) is 40.9 Å². The van der Waals surface area contributed by atoms with Crippen LogP contribution in [0.3, 0.4) is 0 Å². The number of benzene rings is 2. The van der Waals surface area contributed by atoms with E-state index in [9.17, 15) is 0 Å². The summed E-state index contributed by atoms with van der Waals surface area (Å²) in [6.07, 6.45) is 0. The normalized spacial score (nSPS) is 12.2. The van der Waals surface area contributed by atoms with E-state index in [-0.39, 0.29) is 6.04 Å². The van der Waals surface area contributed by atoms with Crippen molar-refractivity contribution in [1.29, 1.82) is 0 Å². The number of hydrogen-bond donors (Lipinski definition) is 1. The van der Waals surface area contributed by atoms with E-state index in [1.807, 2.05) is 25.2 Å². The summed E-state index contributed by atoms with van der Waals surface area (Å²) in [5, 5.41) is 4.30. The van der Waals surface area contributed by atoms with Crippen LogP contribution in [-0.2, 0) is 0 Å². The van der Waals surface area contributed by atoms with Gasteiger partial charge < -0.3 is 10.1 Å². The standard InChI is InChI=1S/C15H14BrCl2NO/c1-9(19-2)14-4-3-10(16)5-15(14)20-13-7-11(17)6-12(18)8-13/h3-9,19H,1-2H3. The van der Waals surface area contributed by atoms with Gasteiger partial charge in [-0.25, -0.2) is 0 Å². The number of hydrogen-bond acceptors (Lipinski definition) is 2. The quantitative estimate of drug-likeness (QED) is 0.726. The Labute approximate surface area is 137 Å². The van der Waals surface area contributed by atoms with Gasteiger partial charge in [-0.05, 0) is 44.3 Å². The Morgan fingerprint density at radius 3 is 2.35 bits per heavy atom. The number of nitrogens with one attached hydrogen (secondary N) is 1. The monoisotopic (exact) mass is 373 g/mol. The van der Waals surface area contributed by atoms with Crippen LogP contribution >= 0.6 is 39.1 Å². The highest BCUT2D eigenvalue weighted by Crippen LogP contribution is 2.34. The summed E-state index contributed by atoms with van der Waals surface area (Å²) in [6, 6.07) is 11.3. The Morgan fingerprint density at radius 2 is 1.75 bits per heavy atom. The maximum atomic E-state index is 5.99. The number of halogens is 3. The predicted octanol–water partition coefficient (Wildman–Crippen LogP) is 5.83. The van der Waals surface area contributed by atoms with Gasteiger partial charge in [0.2, 0.25) is 0 Å². The van der Waals surface area contributed by atoms with Gasteiger partial charge in [0, 0.05) is 26.1 Å². The molecule has 0 fully saturated rings. The smallest absolute Gasteiger partial charge is 0.133 e. The summed E-state index contributed by atoms with van der Waals surface area (Å²) in [7, 11) is 1.91. The van der Waals surface area contributed by atoms with Crippen LogP contribution in [0.4, 0.5) is 0 Å². The topological polar surface area (TPSA) is 21.3 Å². The summed E-state index contributed by atoms with van der Waals surface area (Å²) in [5.74, 6) is 1.38. The van der Waals surface area contributed by atoms with Gasteiger partial charge in [0.25, 0.3) is 0 Å². The fourth-order valence-electron chi connectivity index (χ4n) is 1.82. The van der Waals surface area contributed by atoms with Gasteiger partial charge in [-0.1, -0.05) is 45.2 Å². The van der Waals surface area contributed by atoms with Crippen molar-refractivity contribution in [2.45, 2.75) is 13.0 Å². The van der Waals surface area contributed by atoms with Gasteiger partial charge in [-0.15, -0.1) is 0 Å². The van der Waals surface area contributed by atoms with Gasteiger partial charge in [0.05, 0.1) is 0 Å². The highest BCUT2D eigenvalue weighted by atomic mass is 79.9. The molecule has 0 aromatic heterocycles. The van der Waals surface area contributed by atoms with Crippen LogP contribution in [0.2, 0.25) is 10.0 Å². The van der Waals surface area contributed by atoms with Crippen LogP contribution < -0.4 is 10.1 Å². The van der Waals surface area contributed by atoms with Crippen molar-refractivity contribution in [3.05, 3.63) is 56.5 Å². The van der Waals surface area contributed by atoms with E-state index in [4.69, 9.17) is 27.9 Å². The molecular weight excluding hydrogens is 361 g/mol. The molecule has 5 heteroatoms. The molecular formula is C15H14BrCl2NO. The van der Waals surface area contributed by atoms with Crippen molar-refractivity contribution in [1.82, 2.24) is 5.32 Å². The summed E-state index contributed by atoms with van der Waals surface area (Å²) in [6.45, 7) is 2.07. The largest absolute Gasteiger partial charge is 0.457 e. The minimum absolute atomic E-state index is 0.174. The second-order valence-electron chi connectivity index (χ2n) is 4.40. The first kappa shape index (κ1) is 15.6. The summed E-state index contributed by atoms with van der Waals surface area (Å²) < 4.78 is 6.89. The third kappa shape index (κ3) is 3.89. The molecule has 1 atom stereocenters. The van der Waals surface area contributed by atoms with Crippen molar-refractivity contribution in [2.75, 3.05) is 7.05 Å². The summed E-state index contributed by atoms with van der Waals surface area (Å²) in [5.41, 5.74) is 1.06. The average Bonchev–Trinajstić information content (AvgIpc) is 2.37. The third-order valence-corrected chi connectivity index (χ3v) is 3.87. The van der Waals surface area contributed by atoms with E-state index in [1.54, 1.807) is 18.2 Å². The van der Waals surface area contributed by atoms with Gasteiger partial charge in [-0.2, -0.15) is 0 Å². The van der Waals surface area contributed by atoms with E-state index in [1.165, 1.54) is 0 Å². The molecule has 20 heavy (non-hydrogen) atoms. The van der Waals surface area contributed by atoms with Crippen molar-refractivity contribution >= 4 is 39.1 Å². The molecule has 106 valence electrons. The fourth-order valence-corrected chi connectivity index (χ4v) is 2.67. The lowest BCUT2D eigenvalue weighted by Gasteiger charge is -2.17. The van der Waals surface area contributed by atoms with E-state index in [2.05, 4.69) is 28.2 Å². The highest BCUT2D eigenvalue weighted by molar-refractivity contribution is 9.10. The van der Waals surface area contributed by atoms with E-state index in [0.29, 0.717) is 15.8 Å². The van der Waals surface area contributed by atoms with Crippen molar-refractivity contribution in [2.24, 2.45) is 0 Å². The molecule has 2 rings (SSSR count). The lowest BCUT2D eigenvalue weighted by atomic mass is 10.1. The van der Waals surface area contributed by atoms with Crippen molar-refractivity contribution in [3.8, 4) is 11.5 Å². The van der Waals surface area contributed by atoms with E-state index >= 15 is 0 Å². The molecule has 0 heterocycles. The molecule has 0 radical (unpaired) electrons. The Balaban J connectivity index is 2.39. The van der Waals surface area contributed by atoms with Gasteiger partial charge in [0.15, 0.2) is 0 Å². The molecule has 0 amide bonds. The molecule has 2 aromatic rings. The first-order chi connectivity index (χ1) is 9.49. The Kier molecular flexibility index (Phi) is 5.33. The van der Waals surface area contributed by atoms with Crippen LogP contribution in [0.25, 0.3) is 0 Å². The fraction of sp³-hybridized carbons (Fsp3) is 0.200. The van der Waals surface area contributed by atoms with Crippen LogP contribution in [0.1, 0.15) is 18.5 Å². The number of rotatable bonds is 4. The molecule has 2 nitrogen and oxygen atoms in total. The highest BCUT2D eigenvalue weighted by Gasteiger charge is 2.12. The van der Waals surface area contributed by atoms with E-state index < -0.39 is 0 Å². The second-order valence-corrected chi connectivity index (χ2v) is 6.19. The molecule has 0 saturated heterocycles. The van der Waals surface area contributed by atoms with E-state index in [0.717, 1.165) is 15.8 Å². The van der Waals surface area contributed by atoms with Crippen LogP contribution in [0, 0.1) is 0 Å². The SMILES string of the molecule is CNC(C)c1ccc(Br)cc1Oc1cc(Cl)cc(Cl)c1. The summed E-state index contributed by atoms with van der Waals surface area (Å²) >= 11 is 15.4. The molecule has 0 aliphatic rings. The molecule has 0 aliphatic carbocycles. The Hall–Kier alpha value is -0.740. The zero-order valence-corrected chi connectivity index (χ0v) is 14.2. The first-order valence-electron chi connectivity index (χ1n) is 6.10. The third-order valence-electron chi connectivity index (χ3n) is 2.94. The second kappa shape index (κ2) is 6.81.